The monoisotopic (exact) mass is 294 g/mol. The third kappa shape index (κ3) is 3.82. The maximum absolute atomic E-state index is 12.7. The number of anilines is 1. The van der Waals surface area contributed by atoms with Gasteiger partial charge in [0.15, 0.2) is 0 Å². The summed E-state index contributed by atoms with van der Waals surface area (Å²) in [5.41, 5.74) is 0.283. The fraction of sp³-hybridized carbons (Fsp3) is 0.167. The lowest BCUT2D eigenvalue weighted by Gasteiger charge is -2.04. The molecule has 2 aromatic rings. The van der Waals surface area contributed by atoms with E-state index in [-0.39, 0.29) is 12.1 Å². The van der Waals surface area contributed by atoms with E-state index in [4.69, 9.17) is 0 Å². The standard InChI is InChI=1S/C12H11FN4O2S/c1-7-16-17-12(20-7)15-10(18)6-14-11(19)8-2-4-9(13)5-3-8/h2-5H,6H2,1H3,(H,14,19)(H,15,17,18). The van der Waals surface area contributed by atoms with Crippen LogP contribution in [0, 0.1) is 12.7 Å². The zero-order valence-electron chi connectivity index (χ0n) is 10.5. The summed E-state index contributed by atoms with van der Waals surface area (Å²) in [6.07, 6.45) is 0. The van der Waals surface area contributed by atoms with Gasteiger partial charge in [-0.3, -0.25) is 14.9 Å². The second-order valence-corrected chi connectivity index (χ2v) is 5.05. The third-order valence-electron chi connectivity index (χ3n) is 2.29. The molecule has 1 heterocycles. The van der Waals surface area contributed by atoms with Gasteiger partial charge < -0.3 is 5.32 Å². The summed E-state index contributed by atoms with van der Waals surface area (Å²) in [5.74, 6) is -1.28. The van der Waals surface area contributed by atoms with Gasteiger partial charge >= 0.3 is 0 Å². The Labute approximate surface area is 118 Å². The predicted octanol–water partition coefficient (Wildman–Crippen LogP) is 1.35. The van der Waals surface area contributed by atoms with Crippen LogP contribution in [0.25, 0.3) is 0 Å². The number of amides is 2. The number of benzene rings is 1. The highest BCUT2D eigenvalue weighted by Gasteiger charge is 2.09. The van der Waals surface area contributed by atoms with Crippen molar-refractivity contribution in [1.29, 1.82) is 0 Å². The molecule has 1 aromatic heterocycles. The molecule has 0 aliphatic rings. The summed E-state index contributed by atoms with van der Waals surface area (Å²) in [7, 11) is 0. The molecule has 8 heteroatoms. The molecule has 0 unspecified atom stereocenters. The number of hydrogen-bond donors (Lipinski definition) is 2. The van der Waals surface area contributed by atoms with Crippen LogP contribution in [0.15, 0.2) is 24.3 Å². The van der Waals surface area contributed by atoms with Crippen LogP contribution in [0.5, 0.6) is 0 Å². The molecule has 0 fully saturated rings. The number of halogens is 1. The highest BCUT2D eigenvalue weighted by Crippen LogP contribution is 2.12. The lowest BCUT2D eigenvalue weighted by molar-refractivity contribution is -0.115. The van der Waals surface area contributed by atoms with Crippen molar-refractivity contribution in [3.63, 3.8) is 0 Å². The van der Waals surface area contributed by atoms with Crippen molar-refractivity contribution < 1.29 is 14.0 Å². The second-order valence-electron chi connectivity index (χ2n) is 3.86. The van der Waals surface area contributed by atoms with Crippen LogP contribution >= 0.6 is 11.3 Å². The Morgan fingerprint density at radius 2 is 1.95 bits per heavy atom. The van der Waals surface area contributed by atoms with Gasteiger partial charge in [0.05, 0.1) is 6.54 Å². The smallest absolute Gasteiger partial charge is 0.251 e. The number of nitrogens with one attached hydrogen (secondary N) is 2. The Balaban J connectivity index is 1.84. The van der Waals surface area contributed by atoms with Gasteiger partial charge in [0, 0.05) is 5.56 Å². The van der Waals surface area contributed by atoms with Crippen LogP contribution in [0.2, 0.25) is 0 Å². The van der Waals surface area contributed by atoms with Crippen LogP contribution in [0.1, 0.15) is 15.4 Å². The Morgan fingerprint density at radius 1 is 1.25 bits per heavy atom. The first kappa shape index (κ1) is 14.1. The summed E-state index contributed by atoms with van der Waals surface area (Å²) in [4.78, 5) is 23.2. The number of hydrogen-bond acceptors (Lipinski definition) is 5. The molecule has 0 bridgehead atoms. The van der Waals surface area contributed by atoms with Crippen LogP contribution < -0.4 is 10.6 Å². The molecule has 0 saturated carbocycles. The molecule has 0 spiro atoms. The van der Waals surface area contributed by atoms with Gasteiger partial charge in [-0.1, -0.05) is 11.3 Å². The van der Waals surface area contributed by atoms with Crippen molar-refractivity contribution in [3.05, 3.63) is 40.7 Å². The van der Waals surface area contributed by atoms with Gasteiger partial charge in [0.25, 0.3) is 5.91 Å². The molecule has 0 aliphatic carbocycles. The molecule has 2 rings (SSSR count). The van der Waals surface area contributed by atoms with E-state index in [2.05, 4.69) is 20.8 Å². The van der Waals surface area contributed by atoms with Gasteiger partial charge in [-0.05, 0) is 31.2 Å². The van der Waals surface area contributed by atoms with E-state index in [1.807, 2.05) is 0 Å². The first-order valence-corrected chi connectivity index (χ1v) is 6.50. The largest absolute Gasteiger partial charge is 0.343 e. The molecule has 0 radical (unpaired) electrons. The van der Waals surface area contributed by atoms with Crippen molar-refractivity contribution in [2.45, 2.75) is 6.92 Å². The van der Waals surface area contributed by atoms with E-state index >= 15 is 0 Å². The highest BCUT2D eigenvalue weighted by molar-refractivity contribution is 7.15. The van der Waals surface area contributed by atoms with Crippen molar-refractivity contribution >= 4 is 28.3 Å². The van der Waals surface area contributed by atoms with E-state index in [1.165, 1.54) is 35.6 Å². The van der Waals surface area contributed by atoms with E-state index < -0.39 is 17.6 Å². The van der Waals surface area contributed by atoms with Gasteiger partial charge in [-0.15, -0.1) is 10.2 Å². The lowest BCUT2D eigenvalue weighted by atomic mass is 10.2. The van der Waals surface area contributed by atoms with Gasteiger partial charge in [-0.25, -0.2) is 4.39 Å². The minimum Gasteiger partial charge on any atom is -0.343 e. The van der Waals surface area contributed by atoms with Gasteiger partial charge in [0.1, 0.15) is 10.8 Å². The summed E-state index contributed by atoms with van der Waals surface area (Å²) >= 11 is 1.24. The maximum atomic E-state index is 12.7. The number of carbonyl (C=O) groups excluding carboxylic acids is 2. The van der Waals surface area contributed by atoms with Crippen molar-refractivity contribution in [1.82, 2.24) is 15.5 Å². The van der Waals surface area contributed by atoms with Gasteiger partial charge in [0.2, 0.25) is 11.0 Å². The van der Waals surface area contributed by atoms with E-state index in [9.17, 15) is 14.0 Å². The normalized spacial score (nSPS) is 10.1. The first-order chi connectivity index (χ1) is 9.54. The minimum atomic E-state index is -0.450. The molecular formula is C12H11FN4O2S. The van der Waals surface area contributed by atoms with Crippen molar-refractivity contribution in [3.8, 4) is 0 Å². The zero-order valence-corrected chi connectivity index (χ0v) is 11.3. The maximum Gasteiger partial charge on any atom is 0.251 e. The quantitative estimate of drug-likeness (QED) is 0.891. The molecular weight excluding hydrogens is 283 g/mol. The average molecular weight is 294 g/mol. The number of aryl methyl sites for hydroxylation is 1. The number of carbonyl (C=O) groups is 2. The summed E-state index contributed by atoms with van der Waals surface area (Å²) in [6.45, 7) is 1.57. The van der Waals surface area contributed by atoms with Crippen LogP contribution in [-0.2, 0) is 4.79 Å². The SMILES string of the molecule is Cc1nnc(NC(=O)CNC(=O)c2ccc(F)cc2)s1. The number of nitrogens with zero attached hydrogens (tertiary/aromatic N) is 2. The van der Waals surface area contributed by atoms with E-state index in [0.29, 0.717) is 5.13 Å². The number of rotatable bonds is 4. The Bertz CT molecular complexity index is 627. The molecule has 2 amide bonds. The molecule has 6 nitrogen and oxygen atoms in total. The molecule has 20 heavy (non-hydrogen) atoms. The third-order valence-corrected chi connectivity index (χ3v) is 3.04. The predicted molar refractivity (Wildman–Crippen MR) is 72.0 cm³/mol. The molecule has 104 valence electrons. The Kier molecular flexibility index (Phi) is 4.36. The van der Waals surface area contributed by atoms with Crippen molar-refractivity contribution in [2.75, 3.05) is 11.9 Å². The average Bonchev–Trinajstić information content (AvgIpc) is 2.82. The van der Waals surface area contributed by atoms with E-state index in [1.54, 1.807) is 6.92 Å². The fourth-order valence-corrected chi connectivity index (χ4v) is 1.98. The highest BCUT2D eigenvalue weighted by atomic mass is 32.1. The molecule has 1 aromatic carbocycles. The first-order valence-electron chi connectivity index (χ1n) is 5.68. The van der Waals surface area contributed by atoms with Crippen LogP contribution in [0.4, 0.5) is 9.52 Å². The summed E-state index contributed by atoms with van der Waals surface area (Å²) in [5, 5.41) is 13.5. The Hall–Kier alpha value is -2.35. The van der Waals surface area contributed by atoms with Gasteiger partial charge in [-0.2, -0.15) is 0 Å². The van der Waals surface area contributed by atoms with Crippen molar-refractivity contribution in [2.24, 2.45) is 0 Å². The second kappa shape index (κ2) is 6.20. The topological polar surface area (TPSA) is 84.0 Å². The molecule has 0 atom stereocenters. The lowest BCUT2D eigenvalue weighted by Crippen LogP contribution is -2.32. The molecule has 2 N–H and O–H groups in total. The minimum absolute atomic E-state index is 0.200. The summed E-state index contributed by atoms with van der Waals surface area (Å²) in [6, 6.07) is 5.05. The Morgan fingerprint density at radius 3 is 2.55 bits per heavy atom. The zero-order chi connectivity index (χ0) is 14.5. The molecule has 0 saturated heterocycles. The number of aromatic nitrogens is 2. The summed E-state index contributed by atoms with van der Waals surface area (Å²) < 4.78 is 12.7. The fourth-order valence-electron chi connectivity index (χ4n) is 1.37. The van der Waals surface area contributed by atoms with E-state index in [0.717, 1.165) is 5.01 Å². The van der Waals surface area contributed by atoms with Crippen LogP contribution in [0.3, 0.4) is 0 Å². The molecule has 0 aliphatic heterocycles. The van der Waals surface area contributed by atoms with Crippen LogP contribution in [-0.4, -0.2) is 28.6 Å².